The Bertz CT molecular complexity index is 613. The topological polar surface area (TPSA) is 46.5 Å². The van der Waals surface area contributed by atoms with Gasteiger partial charge in [0.2, 0.25) is 0 Å². The molecule has 0 heterocycles. The predicted octanol–water partition coefficient (Wildman–Crippen LogP) is 4.38. The summed E-state index contributed by atoms with van der Waals surface area (Å²) < 4.78 is 6.19. The van der Waals surface area contributed by atoms with Crippen molar-refractivity contribution < 1.29 is 14.6 Å². The predicted molar refractivity (Wildman–Crippen MR) is 76.9 cm³/mol. The van der Waals surface area contributed by atoms with Crippen LogP contribution in [0.3, 0.4) is 0 Å². The second-order valence-electron chi connectivity index (χ2n) is 3.84. The Morgan fingerprint density at radius 1 is 1.26 bits per heavy atom. The molecule has 0 aliphatic heterocycles. The average molecular weight is 342 g/mol. The zero-order chi connectivity index (χ0) is 13.8. The van der Waals surface area contributed by atoms with Crippen LogP contribution in [0.2, 0.25) is 5.02 Å². The Morgan fingerprint density at radius 3 is 2.68 bits per heavy atom. The first-order valence-corrected chi connectivity index (χ1v) is 6.64. The molecular weight excluding hydrogens is 332 g/mol. The highest BCUT2D eigenvalue weighted by atomic mass is 79.9. The fourth-order valence-corrected chi connectivity index (χ4v) is 2.30. The van der Waals surface area contributed by atoms with E-state index in [9.17, 15) is 4.79 Å². The molecule has 0 unspecified atom stereocenters. The Morgan fingerprint density at radius 2 is 2.00 bits per heavy atom. The number of carbonyl (C=O) groups is 1. The Hall–Kier alpha value is -1.52. The minimum absolute atomic E-state index is 0.122. The smallest absolute Gasteiger partial charge is 0.339 e. The molecule has 98 valence electrons. The standard InChI is InChI=1S/C14H10BrClO3/c15-12-6-2-5-11(14(17)18)13(12)19-8-9-3-1-4-10(16)7-9/h1-7H,8H2,(H,17,18). The van der Waals surface area contributed by atoms with Crippen LogP contribution in [0, 0.1) is 0 Å². The van der Waals surface area contributed by atoms with Gasteiger partial charge in [-0.1, -0.05) is 29.8 Å². The van der Waals surface area contributed by atoms with Gasteiger partial charge in [0.05, 0.1) is 4.47 Å². The van der Waals surface area contributed by atoms with E-state index in [4.69, 9.17) is 21.4 Å². The Kier molecular flexibility index (Phi) is 4.45. The molecule has 0 saturated carbocycles. The lowest BCUT2D eigenvalue weighted by Gasteiger charge is -2.11. The van der Waals surface area contributed by atoms with Crippen molar-refractivity contribution in [1.82, 2.24) is 0 Å². The maximum absolute atomic E-state index is 11.1. The van der Waals surface area contributed by atoms with Crippen molar-refractivity contribution in [2.75, 3.05) is 0 Å². The van der Waals surface area contributed by atoms with Crippen LogP contribution in [-0.4, -0.2) is 11.1 Å². The third-order valence-corrected chi connectivity index (χ3v) is 3.33. The van der Waals surface area contributed by atoms with Crippen LogP contribution >= 0.6 is 27.5 Å². The molecule has 0 spiro atoms. The molecule has 0 atom stereocenters. The minimum atomic E-state index is -1.03. The number of carboxylic acids is 1. The van der Waals surface area contributed by atoms with E-state index in [0.29, 0.717) is 15.2 Å². The van der Waals surface area contributed by atoms with E-state index in [2.05, 4.69) is 15.9 Å². The highest BCUT2D eigenvalue weighted by Gasteiger charge is 2.14. The van der Waals surface area contributed by atoms with Crippen molar-refractivity contribution in [2.45, 2.75) is 6.61 Å². The Labute approximate surface area is 123 Å². The van der Waals surface area contributed by atoms with Crippen LogP contribution in [0.15, 0.2) is 46.9 Å². The molecule has 0 radical (unpaired) electrons. The average Bonchev–Trinajstić information content (AvgIpc) is 2.37. The summed E-state index contributed by atoms with van der Waals surface area (Å²) >= 11 is 9.17. The summed E-state index contributed by atoms with van der Waals surface area (Å²) in [6.07, 6.45) is 0. The molecular formula is C14H10BrClO3. The van der Waals surface area contributed by atoms with Crippen molar-refractivity contribution in [3.8, 4) is 5.75 Å². The first kappa shape index (κ1) is 13.9. The van der Waals surface area contributed by atoms with Gasteiger partial charge in [-0.05, 0) is 45.8 Å². The van der Waals surface area contributed by atoms with Gasteiger partial charge in [-0.2, -0.15) is 0 Å². The van der Waals surface area contributed by atoms with E-state index >= 15 is 0 Å². The van der Waals surface area contributed by atoms with E-state index in [1.807, 2.05) is 12.1 Å². The summed E-state index contributed by atoms with van der Waals surface area (Å²) in [5, 5.41) is 9.73. The number of rotatable bonds is 4. The molecule has 1 N–H and O–H groups in total. The van der Waals surface area contributed by atoms with Gasteiger partial charge in [0, 0.05) is 5.02 Å². The first-order chi connectivity index (χ1) is 9.08. The van der Waals surface area contributed by atoms with Crippen LogP contribution in [0.4, 0.5) is 0 Å². The third kappa shape index (κ3) is 3.49. The molecule has 2 aromatic carbocycles. The lowest BCUT2D eigenvalue weighted by atomic mass is 10.2. The molecule has 0 amide bonds. The van der Waals surface area contributed by atoms with Gasteiger partial charge in [0.15, 0.2) is 0 Å². The highest BCUT2D eigenvalue weighted by Crippen LogP contribution is 2.30. The van der Waals surface area contributed by atoms with Crippen LogP contribution in [0.1, 0.15) is 15.9 Å². The number of para-hydroxylation sites is 1. The highest BCUT2D eigenvalue weighted by molar-refractivity contribution is 9.10. The summed E-state index contributed by atoms with van der Waals surface area (Å²) in [4.78, 5) is 11.1. The third-order valence-electron chi connectivity index (χ3n) is 2.47. The van der Waals surface area contributed by atoms with Gasteiger partial charge < -0.3 is 9.84 Å². The molecule has 0 bridgehead atoms. The quantitative estimate of drug-likeness (QED) is 0.897. The fraction of sp³-hybridized carbons (Fsp3) is 0.0714. The molecule has 0 fully saturated rings. The van der Waals surface area contributed by atoms with Gasteiger partial charge >= 0.3 is 5.97 Å². The summed E-state index contributed by atoms with van der Waals surface area (Å²) in [6, 6.07) is 12.1. The number of ether oxygens (including phenoxy) is 1. The van der Waals surface area contributed by atoms with Crippen LogP contribution in [-0.2, 0) is 6.61 Å². The number of benzene rings is 2. The van der Waals surface area contributed by atoms with Crippen LogP contribution < -0.4 is 4.74 Å². The monoisotopic (exact) mass is 340 g/mol. The maximum atomic E-state index is 11.1. The normalized spacial score (nSPS) is 10.2. The molecule has 3 nitrogen and oxygen atoms in total. The SMILES string of the molecule is O=C(O)c1cccc(Br)c1OCc1cccc(Cl)c1. The van der Waals surface area contributed by atoms with Crippen LogP contribution in [0.25, 0.3) is 0 Å². The second-order valence-corrected chi connectivity index (χ2v) is 5.13. The van der Waals surface area contributed by atoms with E-state index in [-0.39, 0.29) is 12.2 Å². The zero-order valence-electron chi connectivity index (χ0n) is 9.77. The van der Waals surface area contributed by atoms with Gasteiger partial charge in [-0.3, -0.25) is 0 Å². The molecule has 0 aromatic heterocycles. The molecule has 2 rings (SSSR count). The molecule has 2 aromatic rings. The number of aromatic carboxylic acids is 1. The largest absolute Gasteiger partial charge is 0.487 e. The van der Waals surface area contributed by atoms with E-state index in [1.54, 1.807) is 24.3 Å². The number of hydrogen-bond donors (Lipinski definition) is 1. The molecule has 0 aliphatic rings. The number of halogens is 2. The van der Waals surface area contributed by atoms with Crippen molar-refractivity contribution in [3.05, 3.63) is 63.1 Å². The summed E-state index contributed by atoms with van der Waals surface area (Å²) in [5.41, 5.74) is 0.996. The summed E-state index contributed by atoms with van der Waals surface area (Å²) in [6.45, 7) is 0.253. The van der Waals surface area contributed by atoms with Gasteiger partial charge in [-0.15, -0.1) is 0 Å². The first-order valence-electron chi connectivity index (χ1n) is 5.47. The fourth-order valence-electron chi connectivity index (χ4n) is 1.61. The zero-order valence-corrected chi connectivity index (χ0v) is 12.1. The van der Waals surface area contributed by atoms with Gasteiger partial charge in [0.1, 0.15) is 17.9 Å². The van der Waals surface area contributed by atoms with Crippen molar-refractivity contribution in [2.24, 2.45) is 0 Å². The maximum Gasteiger partial charge on any atom is 0.339 e. The molecule has 19 heavy (non-hydrogen) atoms. The van der Waals surface area contributed by atoms with Crippen molar-refractivity contribution in [3.63, 3.8) is 0 Å². The number of carboxylic acid groups (broad SMARTS) is 1. The Balaban J connectivity index is 2.22. The van der Waals surface area contributed by atoms with E-state index in [0.717, 1.165) is 5.56 Å². The van der Waals surface area contributed by atoms with Crippen LogP contribution in [0.5, 0.6) is 5.75 Å². The van der Waals surface area contributed by atoms with E-state index in [1.165, 1.54) is 6.07 Å². The molecule has 0 saturated heterocycles. The van der Waals surface area contributed by atoms with Crippen molar-refractivity contribution in [1.29, 1.82) is 0 Å². The number of hydrogen-bond acceptors (Lipinski definition) is 2. The van der Waals surface area contributed by atoms with Gasteiger partial charge in [-0.25, -0.2) is 4.79 Å². The summed E-state index contributed by atoms with van der Waals surface area (Å²) in [7, 11) is 0. The van der Waals surface area contributed by atoms with E-state index < -0.39 is 5.97 Å². The lowest BCUT2D eigenvalue weighted by Crippen LogP contribution is -2.04. The second kappa shape index (κ2) is 6.08. The lowest BCUT2D eigenvalue weighted by molar-refractivity contribution is 0.0691. The van der Waals surface area contributed by atoms with Crippen molar-refractivity contribution >= 4 is 33.5 Å². The molecule has 5 heteroatoms. The van der Waals surface area contributed by atoms with Gasteiger partial charge in [0.25, 0.3) is 0 Å². The molecule has 0 aliphatic carbocycles. The summed E-state index contributed by atoms with van der Waals surface area (Å²) in [5.74, 6) is -0.711. The minimum Gasteiger partial charge on any atom is -0.487 e.